The molecule has 7 nitrogen and oxygen atoms in total. The Morgan fingerprint density at radius 3 is 2.30 bits per heavy atom. The molecule has 40 heavy (non-hydrogen) atoms. The van der Waals surface area contributed by atoms with Gasteiger partial charge in [0.1, 0.15) is 6.04 Å². The van der Waals surface area contributed by atoms with E-state index in [1.807, 2.05) is 91.5 Å². The molecule has 0 saturated carbocycles. The normalized spacial score (nSPS) is 15.3. The molecule has 1 atom stereocenters. The smallest absolute Gasteiger partial charge is 0.254 e. The number of carbonyl (C=O) groups excluding carboxylic acids is 3. The van der Waals surface area contributed by atoms with Crippen LogP contribution in [0.5, 0.6) is 0 Å². The molecule has 0 unspecified atom stereocenters. The number of benzene rings is 3. The van der Waals surface area contributed by atoms with Gasteiger partial charge in [-0.1, -0.05) is 60.7 Å². The van der Waals surface area contributed by atoms with Crippen LogP contribution >= 0.6 is 0 Å². The van der Waals surface area contributed by atoms with Crippen molar-refractivity contribution < 1.29 is 14.4 Å². The predicted molar refractivity (Wildman–Crippen MR) is 160 cm³/mol. The van der Waals surface area contributed by atoms with Crippen LogP contribution in [0.25, 0.3) is 11.1 Å². The van der Waals surface area contributed by atoms with Crippen molar-refractivity contribution in [2.75, 3.05) is 18.0 Å². The molecule has 0 radical (unpaired) electrons. The Balaban J connectivity index is 1.59. The molecule has 7 heteroatoms. The third kappa shape index (κ3) is 6.77. The van der Waals surface area contributed by atoms with Crippen LogP contribution in [0.2, 0.25) is 0 Å². The van der Waals surface area contributed by atoms with Gasteiger partial charge in [-0.25, -0.2) is 0 Å². The average molecular weight is 541 g/mol. The Hall–Kier alpha value is -3.97. The van der Waals surface area contributed by atoms with Crippen LogP contribution in [-0.2, 0) is 22.6 Å². The number of anilines is 1. The van der Waals surface area contributed by atoms with E-state index in [-0.39, 0.29) is 24.1 Å². The molecule has 0 aromatic heterocycles. The summed E-state index contributed by atoms with van der Waals surface area (Å²) in [4.78, 5) is 43.2. The zero-order valence-corrected chi connectivity index (χ0v) is 23.9. The molecule has 4 rings (SSSR count). The van der Waals surface area contributed by atoms with Crippen LogP contribution in [-0.4, -0.2) is 47.3 Å². The van der Waals surface area contributed by atoms with Gasteiger partial charge >= 0.3 is 0 Å². The van der Waals surface area contributed by atoms with Crippen molar-refractivity contribution in [3.05, 3.63) is 89.5 Å². The first kappa shape index (κ1) is 29.0. The second-order valence-electron chi connectivity index (χ2n) is 11.1. The van der Waals surface area contributed by atoms with Gasteiger partial charge < -0.3 is 20.9 Å². The summed E-state index contributed by atoms with van der Waals surface area (Å²) in [5.74, 6) is -0.339. The van der Waals surface area contributed by atoms with Gasteiger partial charge in [-0.15, -0.1) is 0 Å². The maximum absolute atomic E-state index is 13.8. The van der Waals surface area contributed by atoms with Crippen LogP contribution in [0.4, 0.5) is 5.69 Å². The van der Waals surface area contributed by atoms with Crippen LogP contribution < -0.4 is 16.0 Å². The van der Waals surface area contributed by atoms with Crippen LogP contribution in [0.3, 0.4) is 0 Å². The van der Waals surface area contributed by atoms with E-state index >= 15 is 0 Å². The Kier molecular flexibility index (Phi) is 9.05. The summed E-state index contributed by atoms with van der Waals surface area (Å²) in [5.41, 5.74) is 10.8. The summed E-state index contributed by atoms with van der Waals surface area (Å²) >= 11 is 0. The van der Waals surface area contributed by atoms with E-state index in [9.17, 15) is 14.4 Å². The molecule has 0 saturated heterocycles. The van der Waals surface area contributed by atoms with E-state index in [0.717, 1.165) is 27.9 Å². The first-order valence-corrected chi connectivity index (χ1v) is 14.1. The zero-order chi connectivity index (χ0) is 28.9. The molecule has 3 N–H and O–H groups in total. The highest BCUT2D eigenvalue weighted by Crippen LogP contribution is 2.30. The SMILES string of the molecule is CCN(CC)C(=O)c1ccccc1-c1ccc(CN2C(=O)[C@H](NC(=O)CC(C)(C)N)CCc3ccccc32)cc1. The lowest BCUT2D eigenvalue weighted by molar-refractivity contribution is -0.128. The summed E-state index contributed by atoms with van der Waals surface area (Å²) in [6, 6.07) is 23.0. The number of amides is 3. The number of para-hydroxylation sites is 1. The van der Waals surface area contributed by atoms with Gasteiger partial charge in [0.2, 0.25) is 11.8 Å². The summed E-state index contributed by atoms with van der Waals surface area (Å²) < 4.78 is 0. The fourth-order valence-corrected chi connectivity index (χ4v) is 5.25. The standard InChI is InChI=1S/C33H40N4O3/c1-5-36(6-2)31(39)27-13-9-8-12-26(27)24-17-15-23(16-18-24)22-37-29-14-10-7-11-25(29)19-20-28(32(37)40)35-30(38)21-33(3,4)34/h7-18,28H,5-6,19-22,34H2,1-4H3,(H,35,38)/t28-/m1/s1. The molecule has 3 amide bonds. The minimum Gasteiger partial charge on any atom is -0.344 e. The van der Waals surface area contributed by atoms with Gasteiger partial charge in [0, 0.05) is 36.3 Å². The van der Waals surface area contributed by atoms with E-state index in [1.165, 1.54) is 0 Å². The van der Waals surface area contributed by atoms with Crippen molar-refractivity contribution in [1.29, 1.82) is 0 Å². The highest BCUT2D eigenvalue weighted by Gasteiger charge is 2.32. The number of fused-ring (bicyclic) bond motifs is 1. The van der Waals surface area contributed by atoms with E-state index < -0.39 is 11.6 Å². The summed E-state index contributed by atoms with van der Waals surface area (Å²) in [6.07, 6.45) is 1.36. The van der Waals surface area contributed by atoms with Crippen molar-refractivity contribution in [2.45, 2.75) is 65.1 Å². The van der Waals surface area contributed by atoms with Crippen molar-refractivity contribution >= 4 is 23.4 Å². The first-order chi connectivity index (χ1) is 19.1. The van der Waals surface area contributed by atoms with Crippen LogP contribution in [0, 0.1) is 0 Å². The monoisotopic (exact) mass is 540 g/mol. The molecule has 1 aliphatic rings. The van der Waals surface area contributed by atoms with E-state index in [1.54, 1.807) is 18.7 Å². The number of rotatable bonds is 9. The molecule has 0 fully saturated rings. The number of hydrogen-bond acceptors (Lipinski definition) is 4. The Morgan fingerprint density at radius 1 is 0.975 bits per heavy atom. The fraction of sp³-hybridized carbons (Fsp3) is 0.364. The second kappa shape index (κ2) is 12.5. The van der Waals surface area contributed by atoms with Crippen molar-refractivity contribution in [2.24, 2.45) is 5.73 Å². The maximum atomic E-state index is 13.8. The molecule has 1 heterocycles. The van der Waals surface area contributed by atoms with E-state index in [4.69, 9.17) is 5.73 Å². The topological polar surface area (TPSA) is 95.7 Å². The lowest BCUT2D eigenvalue weighted by Crippen LogP contribution is -2.49. The summed E-state index contributed by atoms with van der Waals surface area (Å²) in [7, 11) is 0. The maximum Gasteiger partial charge on any atom is 0.254 e. The molecule has 0 bridgehead atoms. The highest BCUT2D eigenvalue weighted by molar-refractivity contribution is 6.01. The molecule has 0 aliphatic carbocycles. The quantitative estimate of drug-likeness (QED) is 0.402. The Morgan fingerprint density at radius 2 is 1.62 bits per heavy atom. The first-order valence-electron chi connectivity index (χ1n) is 14.1. The summed E-state index contributed by atoms with van der Waals surface area (Å²) in [6.45, 7) is 9.23. The molecular formula is C33H40N4O3. The van der Waals surface area contributed by atoms with Gasteiger partial charge in [-0.05, 0) is 74.9 Å². The van der Waals surface area contributed by atoms with Gasteiger partial charge in [0.15, 0.2) is 0 Å². The van der Waals surface area contributed by atoms with E-state index in [0.29, 0.717) is 38.0 Å². The van der Waals surface area contributed by atoms with E-state index in [2.05, 4.69) is 5.32 Å². The second-order valence-corrected chi connectivity index (χ2v) is 11.1. The molecule has 1 aliphatic heterocycles. The lowest BCUT2D eigenvalue weighted by Gasteiger charge is -2.27. The molecule has 3 aromatic rings. The largest absolute Gasteiger partial charge is 0.344 e. The highest BCUT2D eigenvalue weighted by atomic mass is 16.2. The molecule has 3 aromatic carbocycles. The minimum atomic E-state index is -0.656. The third-order valence-corrected chi connectivity index (χ3v) is 7.31. The van der Waals surface area contributed by atoms with Gasteiger partial charge in [0.25, 0.3) is 5.91 Å². The number of nitrogens with two attached hydrogens (primary N) is 1. The van der Waals surface area contributed by atoms with Crippen LogP contribution in [0.15, 0.2) is 72.8 Å². The molecule has 0 spiro atoms. The van der Waals surface area contributed by atoms with Gasteiger partial charge in [-0.2, -0.15) is 0 Å². The van der Waals surface area contributed by atoms with Gasteiger partial charge in [0.05, 0.1) is 6.54 Å². The van der Waals surface area contributed by atoms with Gasteiger partial charge in [-0.3, -0.25) is 14.4 Å². The molecular weight excluding hydrogens is 500 g/mol. The Bertz CT molecular complexity index is 1360. The number of hydrogen-bond donors (Lipinski definition) is 2. The third-order valence-electron chi connectivity index (χ3n) is 7.31. The molecule has 210 valence electrons. The van der Waals surface area contributed by atoms with Crippen LogP contribution in [0.1, 0.15) is 62.0 Å². The number of nitrogens with zero attached hydrogens (tertiary/aromatic N) is 2. The Labute approximate surface area is 237 Å². The zero-order valence-electron chi connectivity index (χ0n) is 23.9. The summed E-state index contributed by atoms with van der Waals surface area (Å²) in [5, 5.41) is 2.94. The average Bonchev–Trinajstić information content (AvgIpc) is 3.05. The van der Waals surface area contributed by atoms with Crippen molar-refractivity contribution in [1.82, 2.24) is 10.2 Å². The lowest BCUT2D eigenvalue weighted by atomic mass is 9.97. The number of carbonyl (C=O) groups is 3. The minimum absolute atomic E-state index is 0.0163. The van der Waals surface area contributed by atoms with Crippen molar-refractivity contribution in [3.63, 3.8) is 0 Å². The number of aryl methyl sites for hydroxylation is 1. The predicted octanol–water partition coefficient (Wildman–Crippen LogP) is 4.93. The van der Waals surface area contributed by atoms with Crippen molar-refractivity contribution in [3.8, 4) is 11.1 Å². The number of nitrogens with one attached hydrogen (secondary N) is 1. The fourth-order valence-electron chi connectivity index (χ4n) is 5.25.